The Balaban J connectivity index is 1.61. The van der Waals surface area contributed by atoms with Gasteiger partial charge in [-0.05, 0) is 63.8 Å². The van der Waals surface area contributed by atoms with Crippen LogP contribution < -0.4 is 10.6 Å². The van der Waals surface area contributed by atoms with Gasteiger partial charge in [0.15, 0.2) is 5.65 Å². The van der Waals surface area contributed by atoms with Crippen LogP contribution in [0.25, 0.3) is 38.9 Å². The van der Waals surface area contributed by atoms with Crippen LogP contribution in [0.2, 0.25) is 5.02 Å². The fourth-order valence-corrected chi connectivity index (χ4v) is 6.42. The fraction of sp³-hybridized carbons (Fsp3) is 0.429. The average molecular weight is 676 g/mol. The van der Waals surface area contributed by atoms with Gasteiger partial charge in [-0.3, -0.25) is 0 Å². The standard InChI is InChI=1S/C35H39ClFN7O4/c1-18(2)26-29(27(19(3)4)39-17-38-26)44-32-22(15-23(36)28(40-32)25-24(37)10-9-21-11-14-47-30(21)25)31(41-33(44)45)43-13-12-42(16-20(43)5)34(46)48-35(6,7)8/h9-11,14-15,17-20H,12-13,16H2,1-8H3/t20-/m0/s1. The third-order valence-electron chi connectivity index (χ3n) is 8.36. The number of hydrogen-bond acceptors (Lipinski definition) is 9. The van der Waals surface area contributed by atoms with Crippen LogP contribution in [0.4, 0.5) is 15.0 Å². The van der Waals surface area contributed by atoms with E-state index in [-0.39, 0.29) is 45.4 Å². The Bertz CT molecular complexity index is 2080. The highest BCUT2D eigenvalue weighted by atomic mass is 35.5. The Morgan fingerprint density at radius 1 is 1.06 bits per heavy atom. The van der Waals surface area contributed by atoms with Gasteiger partial charge in [-0.15, -0.1) is 0 Å². The van der Waals surface area contributed by atoms with Crippen molar-refractivity contribution in [2.45, 2.75) is 78.9 Å². The molecule has 11 nitrogen and oxygen atoms in total. The summed E-state index contributed by atoms with van der Waals surface area (Å²) in [7, 11) is 0. The lowest BCUT2D eigenvalue weighted by Gasteiger charge is -2.41. The highest BCUT2D eigenvalue weighted by molar-refractivity contribution is 6.34. The zero-order valence-corrected chi connectivity index (χ0v) is 29.1. The number of halogens is 2. The van der Waals surface area contributed by atoms with Gasteiger partial charge in [-0.2, -0.15) is 4.98 Å². The Labute approximate surface area is 282 Å². The van der Waals surface area contributed by atoms with Crippen LogP contribution in [-0.2, 0) is 4.74 Å². The van der Waals surface area contributed by atoms with Gasteiger partial charge >= 0.3 is 11.8 Å². The van der Waals surface area contributed by atoms with E-state index in [9.17, 15) is 9.59 Å². The Hall–Kier alpha value is -4.58. The number of carbonyl (C=O) groups excluding carboxylic acids is 1. The first kappa shape index (κ1) is 33.3. The van der Waals surface area contributed by atoms with Crippen LogP contribution in [0, 0.1) is 5.82 Å². The number of aromatic nitrogens is 5. The summed E-state index contributed by atoms with van der Waals surface area (Å²) in [5.74, 6) is -0.377. The van der Waals surface area contributed by atoms with Crippen LogP contribution in [0.1, 0.15) is 78.6 Å². The van der Waals surface area contributed by atoms with Gasteiger partial charge < -0.3 is 19.0 Å². The van der Waals surface area contributed by atoms with Crippen LogP contribution in [0.5, 0.6) is 0 Å². The molecule has 1 aliphatic heterocycles. The molecule has 6 rings (SSSR count). The van der Waals surface area contributed by atoms with Crippen molar-refractivity contribution in [3.8, 4) is 16.9 Å². The van der Waals surface area contributed by atoms with Crippen molar-refractivity contribution in [1.82, 2.24) is 29.4 Å². The molecule has 0 N–H and O–H groups in total. The van der Waals surface area contributed by atoms with Crippen molar-refractivity contribution in [2.24, 2.45) is 0 Å². The van der Waals surface area contributed by atoms with Crippen molar-refractivity contribution in [1.29, 1.82) is 0 Å². The molecule has 0 unspecified atom stereocenters. The molecule has 0 radical (unpaired) electrons. The minimum atomic E-state index is -0.635. The van der Waals surface area contributed by atoms with Gasteiger partial charge in [0.2, 0.25) is 0 Å². The fourth-order valence-electron chi connectivity index (χ4n) is 6.18. The number of piperazine rings is 1. The molecule has 0 saturated carbocycles. The Morgan fingerprint density at radius 2 is 1.75 bits per heavy atom. The largest absolute Gasteiger partial charge is 0.464 e. The summed E-state index contributed by atoms with van der Waals surface area (Å²) < 4.78 is 28.3. The van der Waals surface area contributed by atoms with Crippen molar-refractivity contribution < 1.29 is 18.3 Å². The number of anilines is 1. The molecule has 1 aliphatic rings. The topological polar surface area (TPSA) is 119 Å². The van der Waals surface area contributed by atoms with Gasteiger partial charge in [0.05, 0.1) is 45.0 Å². The predicted molar refractivity (Wildman–Crippen MR) is 184 cm³/mol. The van der Waals surface area contributed by atoms with Crippen molar-refractivity contribution in [3.63, 3.8) is 0 Å². The normalized spacial score (nSPS) is 15.7. The zero-order chi connectivity index (χ0) is 34.7. The molecule has 0 aliphatic carbocycles. The van der Waals surface area contributed by atoms with Crippen molar-refractivity contribution >= 4 is 45.5 Å². The van der Waals surface area contributed by atoms with E-state index < -0.39 is 23.2 Å². The van der Waals surface area contributed by atoms with E-state index in [4.69, 9.17) is 25.7 Å². The second-order valence-corrected chi connectivity index (χ2v) is 14.2. The molecule has 5 aromatic rings. The molecular formula is C35H39ClFN7O4. The monoisotopic (exact) mass is 675 g/mol. The molecule has 1 aromatic carbocycles. The van der Waals surface area contributed by atoms with E-state index in [1.807, 2.05) is 60.3 Å². The smallest absolute Gasteiger partial charge is 0.410 e. The molecule has 0 spiro atoms. The number of pyridine rings is 1. The zero-order valence-electron chi connectivity index (χ0n) is 28.3. The molecule has 1 fully saturated rings. The number of benzene rings is 1. The number of rotatable bonds is 5. The van der Waals surface area contributed by atoms with Gasteiger partial charge in [0.25, 0.3) is 0 Å². The lowest BCUT2D eigenvalue weighted by molar-refractivity contribution is 0.0218. The molecular weight excluding hydrogens is 637 g/mol. The lowest BCUT2D eigenvalue weighted by Crippen LogP contribution is -2.55. The Morgan fingerprint density at radius 3 is 2.38 bits per heavy atom. The first-order valence-corrected chi connectivity index (χ1v) is 16.4. The van der Waals surface area contributed by atoms with E-state index >= 15 is 4.39 Å². The number of amides is 1. The molecule has 5 heterocycles. The summed E-state index contributed by atoms with van der Waals surface area (Å²) in [6.45, 7) is 16.4. The van der Waals surface area contributed by atoms with Gasteiger partial charge in [0, 0.05) is 31.1 Å². The Kier molecular flexibility index (Phi) is 8.65. The van der Waals surface area contributed by atoms with Crippen LogP contribution in [0.15, 0.2) is 46.1 Å². The van der Waals surface area contributed by atoms with Gasteiger partial charge in [-0.25, -0.2) is 33.5 Å². The molecule has 13 heteroatoms. The average Bonchev–Trinajstić information content (AvgIpc) is 3.48. The van der Waals surface area contributed by atoms with E-state index in [0.717, 1.165) is 0 Å². The number of hydrogen-bond donors (Lipinski definition) is 0. The van der Waals surface area contributed by atoms with Gasteiger partial charge in [-0.1, -0.05) is 39.3 Å². The summed E-state index contributed by atoms with van der Waals surface area (Å²) in [6.07, 6.45) is 2.57. The molecule has 4 aromatic heterocycles. The second-order valence-electron chi connectivity index (χ2n) is 13.8. The lowest BCUT2D eigenvalue weighted by atomic mass is 10.0. The third-order valence-corrected chi connectivity index (χ3v) is 8.64. The maximum atomic E-state index is 15.6. The van der Waals surface area contributed by atoms with E-state index in [1.165, 1.54) is 23.2 Å². The van der Waals surface area contributed by atoms with E-state index in [1.54, 1.807) is 23.1 Å². The number of fused-ring (bicyclic) bond motifs is 2. The molecule has 1 saturated heterocycles. The highest BCUT2D eigenvalue weighted by Crippen LogP contribution is 2.39. The van der Waals surface area contributed by atoms with Crippen LogP contribution in [0.3, 0.4) is 0 Å². The van der Waals surface area contributed by atoms with E-state index in [0.29, 0.717) is 53.3 Å². The summed E-state index contributed by atoms with van der Waals surface area (Å²) in [6, 6.07) is 6.11. The summed E-state index contributed by atoms with van der Waals surface area (Å²) >= 11 is 6.95. The van der Waals surface area contributed by atoms with Crippen molar-refractivity contribution in [2.75, 3.05) is 24.5 Å². The molecule has 48 heavy (non-hydrogen) atoms. The SMILES string of the molecule is CC(C)c1ncnc(C(C)C)c1-n1c(=O)nc(N2CCN(C(=O)OC(C)(C)C)C[C@@H]2C)c2cc(Cl)c(-c3c(F)ccc4ccoc34)nc21. The van der Waals surface area contributed by atoms with E-state index in [2.05, 4.69) is 15.0 Å². The van der Waals surface area contributed by atoms with Crippen LogP contribution >= 0.6 is 11.6 Å². The van der Waals surface area contributed by atoms with Crippen LogP contribution in [-0.4, -0.2) is 66.8 Å². The molecule has 252 valence electrons. The maximum Gasteiger partial charge on any atom is 0.410 e. The summed E-state index contributed by atoms with van der Waals surface area (Å²) in [5, 5.41) is 1.30. The molecule has 1 amide bonds. The first-order valence-electron chi connectivity index (χ1n) is 16.0. The maximum absolute atomic E-state index is 15.6. The minimum Gasteiger partial charge on any atom is -0.464 e. The highest BCUT2D eigenvalue weighted by Gasteiger charge is 2.33. The summed E-state index contributed by atoms with van der Waals surface area (Å²) in [5.41, 5.74) is 1.23. The number of furan rings is 1. The van der Waals surface area contributed by atoms with Gasteiger partial charge in [0.1, 0.15) is 29.1 Å². The predicted octanol–water partition coefficient (Wildman–Crippen LogP) is 7.47. The number of nitrogens with zero attached hydrogens (tertiary/aromatic N) is 7. The quantitative estimate of drug-likeness (QED) is 0.187. The number of carbonyl (C=O) groups is 1. The molecule has 0 bridgehead atoms. The summed E-state index contributed by atoms with van der Waals surface area (Å²) in [4.78, 5) is 49.6. The van der Waals surface area contributed by atoms with Crippen molar-refractivity contribution in [3.05, 3.63) is 69.6 Å². The minimum absolute atomic E-state index is 0.0795. The third kappa shape index (κ3) is 5.98. The first-order chi connectivity index (χ1) is 22.7. The molecule has 1 atom stereocenters. The second kappa shape index (κ2) is 12.5. The number of ether oxygens (including phenoxy) is 1.